The van der Waals surface area contributed by atoms with Crippen molar-refractivity contribution in [3.8, 4) is 0 Å². The third-order valence-corrected chi connectivity index (χ3v) is 3.41. The van der Waals surface area contributed by atoms with Gasteiger partial charge in [-0.1, -0.05) is 12.1 Å². The Morgan fingerprint density at radius 3 is 3.00 bits per heavy atom. The van der Waals surface area contributed by atoms with Crippen molar-refractivity contribution in [3.05, 3.63) is 34.0 Å². The molecular weight excluding hydrogens is 208 g/mol. The maximum absolute atomic E-state index is 11.7. The van der Waals surface area contributed by atoms with Gasteiger partial charge in [0.15, 0.2) is 11.6 Å². The van der Waals surface area contributed by atoms with Crippen molar-refractivity contribution in [3.63, 3.8) is 0 Å². The van der Waals surface area contributed by atoms with Crippen LogP contribution < -0.4 is 0 Å². The third-order valence-electron chi connectivity index (χ3n) is 2.50. The van der Waals surface area contributed by atoms with E-state index in [9.17, 15) is 9.59 Å². The highest BCUT2D eigenvalue weighted by molar-refractivity contribution is 7.12. The Kier molecular flexibility index (Phi) is 3.11. The van der Waals surface area contributed by atoms with Gasteiger partial charge in [-0.25, -0.2) is 0 Å². The highest BCUT2D eigenvalue weighted by Gasteiger charge is 2.17. The second-order valence-electron chi connectivity index (χ2n) is 3.62. The topological polar surface area (TPSA) is 34.1 Å². The first-order chi connectivity index (χ1) is 7.27. The molecule has 0 amide bonds. The fraction of sp³-hybridized carbons (Fsp3) is 0.333. The van der Waals surface area contributed by atoms with E-state index >= 15 is 0 Å². The summed E-state index contributed by atoms with van der Waals surface area (Å²) in [6.45, 7) is 0. The van der Waals surface area contributed by atoms with Crippen molar-refractivity contribution in [1.82, 2.24) is 0 Å². The first kappa shape index (κ1) is 10.3. The van der Waals surface area contributed by atoms with Crippen LogP contribution in [-0.2, 0) is 4.79 Å². The molecule has 1 heterocycles. The predicted molar refractivity (Wildman–Crippen MR) is 60.2 cm³/mol. The lowest BCUT2D eigenvalue weighted by Gasteiger charge is -2.09. The lowest BCUT2D eigenvalue weighted by molar-refractivity contribution is -0.116. The van der Waals surface area contributed by atoms with Crippen LogP contribution in [0.2, 0.25) is 0 Å². The van der Waals surface area contributed by atoms with Gasteiger partial charge in [-0.3, -0.25) is 9.59 Å². The SMILES string of the molecule is O=C1CCCC=C1CC(=O)c1cccs1. The summed E-state index contributed by atoms with van der Waals surface area (Å²) in [4.78, 5) is 24.0. The number of carbonyl (C=O) groups excluding carboxylic acids is 2. The van der Waals surface area contributed by atoms with E-state index in [1.165, 1.54) is 11.3 Å². The second kappa shape index (κ2) is 4.53. The van der Waals surface area contributed by atoms with Gasteiger partial charge >= 0.3 is 0 Å². The molecule has 0 aliphatic heterocycles. The smallest absolute Gasteiger partial charge is 0.177 e. The molecule has 1 aromatic heterocycles. The van der Waals surface area contributed by atoms with Crippen LogP contribution in [0.5, 0.6) is 0 Å². The molecule has 0 unspecified atom stereocenters. The summed E-state index contributed by atoms with van der Waals surface area (Å²) in [5.41, 5.74) is 0.708. The Balaban J connectivity index is 2.06. The van der Waals surface area contributed by atoms with E-state index in [-0.39, 0.29) is 18.0 Å². The first-order valence-electron chi connectivity index (χ1n) is 5.06. The molecule has 0 saturated carbocycles. The zero-order chi connectivity index (χ0) is 10.7. The standard InChI is InChI=1S/C12H12O2S/c13-10-5-2-1-4-9(10)8-11(14)12-6-3-7-15-12/h3-4,6-7H,1-2,5,8H2. The summed E-state index contributed by atoms with van der Waals surface area (Å²) in [5.74, 6) is 0.206. The predicted octanol–water partition coefficient (Wildman–Crippen LogP) is 3.00. The van der Waals surface area contributed by atoms with Crippen LogP contribution in [0.1, 0.15) is 35.4 Å². The Morgan fingerprint density at radius 2 is 2.33 bits per heavy atom. The minimum absolute atomic E-state index is 0.0616. The highest BCUT2D eigenvalue weighted by Crippen LogP contribution is 2.20. The van der Waals surface area contributed by atoms with Gasteiger partial charge in [0.2, 0.25) is 0 Å². The monoisotopic (exact) mass is 220 g/mol. The Hall–Kier alpha value is -1.22. The molecule has 2 nitrogen and oxygen atoms in total. The summed E-state index contributed by atoms with van der Waals surface area (Å²) < 4.78 is 0. The molecular formula is C12H12O2S. The van der Waals surface area contributed by atoms with Gasteiger partial charge in [0, 0.05) is 12.8 Å². The Morgan fingerprint density at radius 1 is 1.47 bits per heavy atom. The molecule has 15 heavy (non-hydrogen) atoms. The van der Waals surface area contributed by atoms with E-state index in [1.807, 2.05) is 17.5 Å². The quantitative estimate of drug-likeness (QED) is 0.734. The maximum atomic E-state index is 11.7. The molecule has 0 radical (unpaired) electrons. The number of rotatable bonds is 3. The molecule has 1 aliphatic rings. The summed E-state index contributed by atoms with van der Waals surface area (Å²) in [6, 6.07) is 3.66. The number of allylic oxidation sites excluding steroid dienone is 2. The van der Waals surface area contributed by atoms with Crippen molar-refractivity contribution in [2.45, 2.75) is 25.7 Å². The molecule has 3 heteroatoms. The minimum atomic E-state index is 0.0616. The summed E-state index contributed by atoms with van der Waals surface area (Å²) in [5, 5.41) is 1.88. The molecule has 0 spiro atoms. The molecule has 0 fully saturated rings. The average molecular weight is 220 g/mol. The molecule has 1 aliphatic carbocycles. The van der Waals surface area contributed by atoms with Crippen molar-refractivity contribution >= 4 is 22.9 Å². The van der Waals surface area contributed by atoms with Crippen molar-refractivity contribution in [2.75, 3.05) is 0 Å². The number of thiophene rings is 1. The first-order valence-corrected chi connectivity index (χ1v) is 5.94. The Bertz CT molecular complexity index is 401. The van der Waals surface area contributed by atoms with E-state index < -0.39 is 0 Å². The van der Waals surface area contributed by atoms with E-state index in [1.54, 1.807) is 6.07 Å². The van der Waals surface area contributed by atoms with Gasteiger partial charge in [0.25, 0.3) is 0 Å². The van der Waals surface area contributed by atoms with Crippen LogP contribution in [0.25, 0.3) is 0 Å². The zero-order valence-electron chi connectivity index (χ0n) is 8.36. The molecule has 1 aromatic rings. The van der Waals surface area contributed by atoms with Gasteiger partial charge in [0.1, 0.15) is 0 Å². The number of carbonyl (C=O) groups is 2. The largest absolute Gasteiger partial charge is 0.295 e. The van der Waals surface area contributed by atoms with Crippen LogP contribution in [0.4, 0.5) is 0 Å². The van der Waals surface area contributed by atoms with Gasteiger partial charge in [-0.05, 0) is 29.9 Å². The molecule has 0 aromatic carbocycles. The van der Waals surface area contributed by atoms with Gasteiger partial charge in [-0.2, -0.15) is 0 Å². The summed E-state index contributed by atoms with van der Waals surface area (Å²) >= 11 is 1.43. The summed E-state index contributed by atoms with van der Waals surface area (Å²) in [7, 11) is 0. The highest BCUT2D eigenvalue weighted by atomic mass is 32.1. The maximum Gasteiger partial charge on any atom is 0.177 e. The van der Waals surface area contributed by atoms with E-state index in [4.69, 9.17) is 0 Å². The molecule has 0 saturated heterocycles. The number of ketones is 2. The van der Waals surface area contributed by atoms with Gasteiger partial charge in [-0.15, -0.1) is 11.3 Å². The molecule has 0 bridgehead atoms. The van der Waals surface area contributed by atoms with Crippen LogP contribution in [0.15, 0.2) is 29.2 Å². The summed E-state index contributed by atoms with van der Waals surface area (Å²) in [6.07, 6.45) is 4.65. The average Bonchev–Trinajstić information content (AvgIpc) is 2.74. The van der Waals surface area contributed by atoms with Crippen LogP contribution in [-0.4, -0.2) is 11.6 Å². The molecule has 78 valence electrons. The number of hydrogen-bond acceptors (Lipinski definition) is 3. The van der Waals surface area contributed by atoms with E-state index in [0.29, 0.717) is 12.0 Å². The lowest BCUT2D eigenvalue weighted by atomic mass is 9.94. The normalized spacial score (nSPS) is 16.3. The van der Waals surface area contributed by atoms with Crippen LogP contribution >= 0.6 is 11.3 Å². The number of Topliss-reactive ketones (excluding diaryl/α,β-unsaturated/α-hetero) is 2. The molecule has 0 atom stereocenters. The number of hydrogen-bond donors (Lipinski definition) is 0. The van der Waals surface area contributed by atoms with Crippen molar-refractivity contribution in [2.24, 2.45) is 0 Å². The lowest BCUT2D eigenvalue weighted by Crippen LogP contribution is -2.11. The second-order valence-corrected chi connectivity index (χ2v) is 4.57. The van der Waals surface area contributed by atoms with Crippen LogP contribution in [0.3, 0.4) is 0 Å². The van der Waals surface area contributed by atoms with Gasteiger partial charge < -0.3 is 0 Å². The van der Waals surface area contributed by atoms with E-state index in [2.05, 4.69) is 0 Å². The minimum Gasteiger partial charge on any atom is -0.295 e. The van der Waals surface area contributed by atoms with Gasteiger partial charge in [0.05, 0.1) is 4.88 Å². The van der Waals surface area contributed by atoms with Crippen LogP contribution in [0, 0.1) is 0 Å². The zero-order valence-corrected chi connectivity index (χ0v) is 9.18. The fourth-order valence-electron chi connectivity index (χ4n) is 1.68. The molecule has 0 N–H and O–H groups in total. The third kappa shape index (κ3) is 2.42. The fourth-order valence-corrected chi connectivity index (χ4v) is 2.35. The van der Waals surface area contributed by atoms with Crippen molar-refractivity contribution in [1.29, 1.82) is 0 Å². The van der Waals surface area contributed by atoms with E-state index in [0.717, 1.165) is 17.7 Å². The molecule has 2 rings (SSSR count). The Labute approximate surface area is 92.6 Å². The van der Waals surface area contributed by atoms with Crippen molar-refractivity contribution < 1.29 is 9.59 Å².